The Morgan fingerprint density at radius 2 is 0.553 bits per heavy atom. The number of aromatic nitrogens is 8. The molecular formula is C130H162N12O8. The number of anilines is 4. The van der Waals surface area contributed by atoms with Crippen LogP contribution in [0.3, 0.4) is 0 Å². The van der Waals surface area contributed by atoms with Gasteiger partial charge in [0.05, 0.1) is 60.6 Å². The largest absolute Gasteiger partial charge is 0.490 e. The van der Waals surface area contributed by atoms with Crippen molar-refractivity contribution >= 4 is 81.7 Å². The minimum atomic E-state index is -0.609. The third-order valence-corrected chi connectivity index (χ3v) is 28.6. The zero-order valence-electron chi connectivity index (χ0n) is 89.0. The van der Waals surface area contributed by atoms with E-state index in [4.69, 9.17) is 28.9 Å². The van der Waals surface area contributed by atoms with Gasteiger partial charge in [0.2, 0.25) is 11.9 Å². The van der Waals surface area contributed by atoms with E-state index in [1.807, 2.05) is 134 Å². The molecule has 16 rings (SSSR count). The summed E-state index contributed by atoms with van der Waals surface area (Å²) < 4.78 is 27.6. The number of benzene rings is 6. The molecule has 5 aliphatic rings. The number of carbonyl (C=O) groups excluding carboxylic acids is 2. The van der Waals surface area contributed by atoms with Gasteiger partial charge in [-0.1, -0.05) is 314 Å². The van der Waals surface area contributed by atoms with Gasteiger partial charge in [0.25, 0.3) is 11.1 Å². The standard InChI is InChI=1S/C130H162N12O8/c1-5-9-13-17-21-37-43-49-61-87-147-117-93-103-91-101(125(117)149-89-63-51-45-39-23-19-15-11-7-3)69-55-47-41-35-33-31-29-27-25-26-28-30-32-34-36-42-48-56-70-102-92-104(94-118(148-88-62-50-44-38-22-18-14-10-6-2)126(102)150-90-64-52-46-40-24-20-16-12-8-4)116-96-120(144)140-128(138-116)142-130(146)132-106-77-73-100(74-78-106)124-112-84-82-110(135-112)122(98-67-59-54-60-68-98)108-80-79-107(133-108)121(97-65-57-53-58-66-97)109-81-83-111(134-109)123(113-85-86-114(124)136-113)99-71-75-105(76-72-99)131-129(145)141-127-137-115(103)95-119(143)139-127/h5-8,25-26,53-54,57-60,65-68,71-86,91-96,134-135H,1-4,9-24,27-52,55-56,61-64,69-70,87-90H2,(H3,131,137,139,141,143,145)(H3,132,138,140,142,144,146). The fourth-order valence-corrected chi connectivity index (χ4v) is 20.5. The van der Waals surface area contributed by atoms with Crippen LogP contribution in [0, 0.1) is 0 Å². The molecule has 20 heteroatoms. The van der Waals surface area contributed by atoms with Gasteiger partial charge in [-0.2, -0.15) is 9.97 Å². The van der Waals surface area contributed by atoms with Crippen LogP contribution in [-0.2, 0) is 12.8 Å². The van der Waals surface area contributed by atoms with Gasteiger partial charge in [-0.05, 0) is 259 Å². The van der Waals surface area contributed by atoms with E-state index in [9.17, 15) is 19.2 Å². The third-order valence-electron chi connectivity index (χ3n) is 28.6. The molecule has 0 radical (unpaired) electrons. The Labute approximate surface area is 890 Å². The number of fused-ring (bicyclic) bond motifs is 8. The summed E-state index contributed by atoms with van der Waals surface area (Å²) in [6.07, 6.45) is 76.9. The molecule has 0 saturated carbocycles. The summed E-state index contributed by atoms with van der Waals surface area (Å²) >= 11 is 0. The van der Waals surface area contributed by atoms with Gasteiger partial charge in [0.1, 0.15) is 0 Å². The zero-order chi connectivity index (χ0) is 104. The number of carbonyl (C=O) groups is 2. The van der Waals surface area contributed by atoms with Crippen molar-refractivity contribution < 1.29 is 28.5 Å². The summed E-state index contributed by atoms with van der Waals surface area (Å²) in [6.45, 7) is 17.8. The first-order chi connectivity index (χ1) is 73.9. The molecule has 22 bridgehead atoms. The van der Waals surface area contributed by atoms with E-state index in [1.54, 1.807) is 0 Å². The van der Waals surface area contributed by atoms with Crippen LogP contribution in [0.1, 0.15) is 342 Å². The normalized spacial score (nSPS) is 13.6. The SMILES string of the molecule is C=CCCCCCCCCCOc1cc2cc(c1OCCCCCCCCCC=C)CCCCCCCCCC=CCCCCCCCCCc1cc(cc(OCCCCCCCCCC=C)c1OCCCCCCCCCC=C)-c1cc(=O)nc([nH]1)NC(=O)Nc1ccc(cc1)-c1c3nc(c(c4ccc([nH]4)c(-c4ccccc4)c4nc(c(-c5ccccc5)c5ccc1[nH]5)C=C4)-c1ccc(cc1)NC(=O)Nc1nc(=O)cc-2[nH]1)C=C3. The molecule has 6 aromatic carbocycles. The Hall–Kier alpha value is -13.9. The van der Waals surface area contributed by atoms with E-state index in [0.717, 1.165) is 279 Å². The van der Waals surface area contributed by atoms with Crippen molar-refractivity contribution in [2.45, 2.75) is 321 Å². The Balaban J connectivity index is 0.788. The van der Waals surface area contributed by atoms with Crippen LogP contribution in [0.25, 0.3) is 113 Å². The molecule has 0 unspecified atom stereocenters. The summed E-state index contributed by atoms with van der Waals surface area (Å²) in [6, 6.07) is 54.2. The van der Waals surface area contributed by atoms with Gasteiger partial charge < -0.3 is 49.5 Å². The smallest absolute Gasteiger partial charge is 0.326 e. The van der Waals surface area contributed by atoms with Crippen molar-refractivity contribution in [3.05, 3.63) is 287 Å². The molecule has 790 valence electrons. The molecule has 8 N–H and O–H groups in total. The second-order valence-electron chi connectivity index (χ2n) is 40.5. The molecule has 4 amide bonds. The van der Waals surface area contributed by atoms with Crippen molar-refractivity contribution in [3.63, 3.8) is 0 Å². The monoisotopic (exact) mass is 2020 g/mol. The Morgan fingerprint density at radius 3 is 0.873 bits per heavy atom. The fraction of sp³-hybridized carbons (Fsp3) is 0.415. The average molecular weight is 2020 g/mol. The number of urea groups is 2. The molecule has 0 spiro atoms. The Morgan fingerprint density at radius 1 is 0.267 bits per heavy atom. The average Bonchev–Trinajstić information content (AvgIpc) is 1.59. The van der Waals surface area contributed by atoms with Crippen LogP contribution in [-0.4, -0.2) is 78.4 Å². The quantitative estimate of drug-likeness (QED) is 0.0131. The number of amides is 4. The minimum Gasteiger partial charge on any atom is -0.490 e. The van der Waals surface area contributed by atoms with Crippen LogP contribution < -0.4 is 51.3 Å². The highest BCUT2D eigenvalue weighted by Gasteiger charge is 2.25. The highest BCUT2D eigenvalue weighted by molar-refractivity contribution is 6.03. The predicted molar refractivity (Wildman–Crippen MR) is 627 cm³/mol. The molecule has 150 heavy (non-hydrogen) atoms. The number of aromatic amines is 4. The highest BCUT2D eigenvalue weighted by atomic mass is 16.5. The van der Waals surface area contributed by atoms with E-state index < -0.39 is 23.2 Å². The maximum atomic E-state index is 14.5. The fourth-order valence-electron chi connectivity index (χ4n) is 20.5. The molecule has 0 fully saturated rings. The van der Waals surface area contributed by atoms with Gasteiger partial charge in [-0.25, -0.2) is 19.6 Å². The first-order valence-corrected chi connectivity index (χ1v) is 56.8. The number of nitrogens with one attached hydrogen (secondary N) is 8. The molecule has 11 aromatic rings. The van der Waals surface area contributed by atoms with Crippen molar-refractivity contribution in [1.82, 2.24) is 39.9 Å². The lowest BCUT2D eigenvalue weighted by Gasteiger charge is -2.19. The number of ether oxygens (including phenoxy) is 4. The number of unbranched alkanes of at least 4 members (excludes halogenated alkanes) is 28. The molecule has 5 aromatic heterocycles. The van der Waals surface area contributed by atoms with E-state index in [2.05, 4.69) is 162 Å². The molecule has 5 aliphatic heterocycles. The van der Waals surface area contributed by atoms with E-state index in [0.29, 0.717) is 72.1 Å². The lowest BCUT2D eigenvalue weighted by atomic mass is 9.99. The Bertz CT molecular complexity index is 6120. The molecule has 0 atom stereocenters. The number of hydrogen-bond acceptors (Lipinski definition) is 12. The van der Waals surface area contributed by atoms with Gasteiger partial charge in [-0.15, -0.1) is 26.3 Å². The second-order valence-corrected chi connectivity index (χ2v) is 40.5. The first-order valence-electron chi connectivity index (χ1n) is 56.8. The maximum absolute atomic E-state index is 14.5. The molecule has 0 aliphatic carbocycles. The lowest BCUT2D eigenvalue weighted by Crippen LogP contribution is -2.23. The van der Waals surface area contributed by atoms with Gasteiger partial charge in [-0.3, -0.25) is 20.2 Å². The van der Waals surface area contributed by atoms with Crippen molar-refractivity contribution in [2.24, 2.45) is 0 Å². The van der Waals surface area contributed by atoms with E-state index >= 15 is 0 Å². The number of hydrogen-bond donors (Lipinski definition) is 8. The summed E-state index contributed by atoms with van der Waals surface area (Å²) in [4.78, 5) is 91.2. The number of aryl methyl sites for hydroxylation is 2. The van der Waals surface area contributed by atoms with Crippen molar-refractivity contribution in [1.29, 1.82) is 0 Å². The number of rotatable bonds is 46. The lowest BCUT2D eigenvalue weighted by molar-refractivity contribution is 0.256. The third kappa shape index (κ3) is 36.0. The highest BCUT2D eigenvalue weighted by Crippen LogP contribution is 2.44. The van der Waals surface area contributed by atoms with Gasteiger partial charge in [0.15, 0.2) is 23.0 Å². The number of allylic oxidation sites excluding steroid dienone is 6. The first kappa shape index (κ1) is 112. The summed E-state index contributed by atoms with van der Waals surface area (Å²) in [7, 11) is 0. The van der Waals surface area contributed by atoms with Gasteiger partial charge in [0, 0.05) is 79.0 Å². The van der Waals surface area contributed by atoms with Gasteiger partial charge >= 0.3 is 12.1 Å². The second kappa shape index (κ2) is 63.2. The molecule has 20 nitrogen and oxygen atoms in total. The maximum Gasteiger partial charge on any atom is 0.326 e. The number of nitrogens with zero attached hydrogens (tertiary/aromatic N) is 4. The van der Waals surface area contributed by atoms with Crippen LogP contribution in [0.15, 0.2) is 242 Å². The van der Waals surface area contributed by atoms with Crippen LogP contribution >= 0.6 is 0 Å². The summed E-state index contributed by atoms with van der Waals surface area (Å²) in [5, 5.41) is 11.8. The van der Waals surface area contributed by atoms with Crippen LogP contribution in [0.4, 0.5) is 32.9 Å². The molecule has 0 saturated heterocycles. The Kier molecular flexibility index (Phi) is 47.1. The summed E-state index contributed by atoms with van der Waals surface area (Å²) in [5.74, 6) is 2.83. The number of H-pyrrole nitrogens is 4. The van der Waals surface area contributed by atoms with Crippen LogP contribution in [0.2, 0.25) is 0 Å². The van der Waals surface area contributed by atoms with E-state index in [-0.39, 0.29) is 11.9 Å². The van der Waals surface area contributed by atoms with Crippen LogP contribution in [0.5, 0.6) is 23.0 Å². The minimum absolute atomic E-state index is 0.0174. The van der Waals surface area contributed by atoms with Crippen molar-refractivity contribution in [3.8, 4) is 90.0 Å². The van der Waals surface area contributed by atoms with Crippen molar-refractivity contribution in [2.75, 3.05) is 47.7 Å². The molecule has 10 heterocycles. The summed E-state index contributed by atoms with van der Waals surface area (Å²) in [5.41, 5.74) is 17.4. The van der Waals surface area contributed by atoms with E-state index in [1.165, 1.54) is 166 Å². The molecular weight excluding hydrogens is 1860 g/mol. The zero-order valence-corrected chi connectivity index (χ0v) is 89.0. The topological polar surface area (TPSA) is 268 Å². The predicted octanol–water partition coefficient (Wildman–Crippen LogP) is 35.8.